The topological polar surface area (TPSA) is 44.0 Å². The molecule has 0 saturated carbocycles. The Hall–Kier alpha value is -0.850. The summed E-state index contributed by atoms with van der Waals surface area (Å²) >= 11 is 3.27. The predicted octanol–water partition coefficient (Wildman–Crippen LogP) is 1.86. The van der Waals surface area contributed by atoms with Gasteiger partial charge in [0.1, 0.15) is 6.07 Å². The third-order valence-electron chi connectivity index (χ3n) is 1.55. The van der Waals surface area contributed by atoms with Crippen molar-refractivity contribution in [3.63, 3.8) is 0 Å². The number of hydrogen-bond acceptors (Lipinski definition) is 2. The van der Waals surface area contributed by atoms with E-state index in [9.17, 15) is 0 Å². The molecule has 0 bridgehead atoms. The second-order valence-electron chi connectivity index (χ2n) is 2.40. The summed E-state index contributed by atoms with van der Waals surface area (Å²) in [6, 6.07) is 7.50. The van der Waals surface area contributed by atoms with Crippen LogP contribution in [0.5, 0.6) is 0 Å². The van der Waals surface area contributed by atoms with Crippen LogP contribution in [-0.4, -0.2) is 11.7 Å². The molecule has 0 atom stereocenters. The number of rotatable bonds is 2. The van der Waals surface area contributed by atoms with Crippen LogP contribution < -0.4 is 0 Å². The lowest BCUT2D eigenvalue weighted by molar-refractivity contribution is 0.299. The summed E-state index contributed by atoms with van der Waals surface area (Å²) in [5, 5.41) is 17.3. The Kier molecular flexibility index (Phi) is 3.27. The molecule has 0 fully saturated rings. The van der Waals surface area contributed by atoms with Crippen molar-refractivity contribution in [2.24, 2.45) is 0 Å². The number of hydrogen-bond donors (Lipinski definition) is 1. The van der Waals surface area contributed by atoms with Crippen LogP contribution in [0.4, 0.5) is 0 Å². The fraction of sp³-hybridized carbons (Fsp3) is 0.222. The van der Waals surface area contributed by atoms with Gasteiger partial charge < -0.3 is 5.11 Å². The zero-order chi connectivity index (χ0) is 8.97. The highest BCUT2D eigenvalue weighted by Crippen LogP contribution is 2.17. The Bertz CT molecular complexity index is 317. The van der Waals surface area contributed by atoms with Gasteiger partial charge in [-0.05, 0) is 40.0 Å². The molecule has 0 aliphatic carbocycles. The zero-order valence-electron chi connectivity index (χ0n) is 6.42. The number of nitrogens with zero attached hydrogens (tertiary/aromatic N) is 1. The molecular formula is C9H8BrNO. The van der Waals surface area contributed by atoms with Crippen LogP contribution in [0.1, 0.15) is 11.1 Å². The lowest BCUT2D eigenvalue weighted by atomic mass is 10.1. The molecular weight excluding hydrogens is 218 g/mol. The van der Waals surface area contributed by atoms with Crippen molar-refractivity contribution in [1.29, 1.82) is 5.26 Å². The van der Waals surface area contributed by atoms with Gasteiger partial charge >= 0.3 is 0 Å². The van der Waals surface area contributed by atoms with E-state index in [-0.39, 0.29) is 6.61 Å². The van der Waals surface area contributed by atoms with Gasteiger partial charge in [0.2, 0.25) is 0 Å². The molecule has 1 aromatic carbocycles. The zero-order valence-corrected chi connectivity index (χ0v) is 8.00. The summed E-state index contributed by atoms with van der Waals surface area (Å²) in [6.07, 6.45) is 0.629. The summed E-state index contributed by atoms with van der Waals surface area (Å²) < 4.78 is 0.788. The van der Waals surface area contributed by atoms with Gasteiger partial charge in [-0.3, -0.25) is 0 Å². The molecule has 1 N–H and O–H groups in total. The largest absolute Gasteiger partial charge is 0.396 e. The minimum absolute atomic E-state index is 0.137. The van der Waals surface area contributed by atoms with Crippen molar-refractivity contribution >= 4 is 15.9 Å². The summed E-state index contributed by atoms with van der Waals surface area (Å²) in [4.78, 5) is 0. The normalized spacial score (nSPS) is 9.42. The van der Waals surface area contributed by atoms with Crippen molar-refractivity contribution in [2.45, 2.75) is 6.42 Å². The molecule has 3 heteroatoms. The molecule has 0 heterocycles. The molecule has 1 rings (SSSR count). The first-order valence-electron chi connectivity index (χ1n) is 3.57. The van der Waals surface area contributed by atoms with Gasteiger partial charge in [-0.15, -0.1) is 0 Å². The van der Waals surface area contributed by atoms with E-state index >= 15 is 0 Å². The predicted molar refractivity (Wildman–Crippen MR) is 49.6 cm³/mol. The molecule has 0 aliphatic rings. The van der Waals surface area contributed by atoms with Gasteiger partial charge in [0.15, 0.2) is 0 Å². The number of aliphatic hydroxyl groups excluding tert-OH is 1. The first-order valence-corrected chi connectivity index (χ1v) is 4.36. The number of benzene rings is 1. The van der Waals surface area contributed by atoms with E-state index in [0.29, 0.717) is 12.0 Å². The summed E-state index contributed by atoms with van der Waals surface area (Å²) in [5.74, 6) is 0. The second-order valence-corrected chi connectivity index (χ2v) is 3.25. The molecule has 0 saturated heterocycles. The summed E-state index contributed by atoms with van der Waals surface area (Å²) in [5.41, 5.74) is 1.65. The second kappa shape index (κ2) is 4.24. The van der Waals surface area contributed by atoms with Gasteiger partial charge in [-0.1, -0.05) is 6.07 Å². The van der Waals surface area contributed by atoms with Crippen LogP contribution in [0.15, 0.2) is 22.7 Å². The van der Waals surface area contributed by atoms with Crippen molar-refractivity contribution in [1.82, 2.24) is 0 Å². The molecule has 0 amide bonds. The van der Waals surface area contributed by atoms with Gasteiger partial charge in [-0.25, -0.2) is 0 Å². The van der Waals surface area contributed by atoms with Crippen LogP contribution in [0.25, 0.3) is 0 Å². The fourth-order valence-corrected chi connectivity index (χ4v) is 1.45. The molecule has 0 aromatic heterocycles. The van der Waals surface area contributed by atoms with E-state index < -0.39 is 0 Å². The SMILES string of the molecule is N#Cc1ccc(CCO)cc1Br. The molecule has 62 valence electrons. The molecule has 12 heavy (non-hydrogen) atoms. The van der Waals surface area contributed by atoms with Crippen molar-refractivity contribution in [2.75, 3.05) is 6.61 Å². The quantitative estimate of drug-likeness (QED) is 0.836. The third-order valence-corrected chi connectivity index (χ3v) is 2.21. The van der Waals surface area contributed by atoms with Crippen molar-refractivity contribution in [3.05, 3.63) is 33.8 Å². The average molecular weight is 226 g/mol. The Morgan fingerprint density at radius 3 is 2.75 bits per heavy atom. The Morgan fingerprint density at radius 1 is 1.50 bits per heavy atom. The maximum Gasteiger partial charge on any atom is 0.100 e. The minimum atomic E-state index is 0.137. The van der Waals surface area contributed by atoms with Crippen LogP contribution >= 0.6 is 15.9 Å². The van der Waals surface area contributed by atoms with E-state index in [1.165, 1.54) is 0 Å². The maximum absolute atomic E-state index is 8.66. The average Bonchev–Trinajstić information content (AvgIpc) is 2.05. The van der Waals surface area contributed by atoms with E-state index in [0.717, 1.165) is 10.0 Å². The smallest absolute Gasteiger partial charge is 0.100 e. The first kappa shape index (κ1) is 9.24. The number of halogens is 1. The maximum atomic E-state index is 8.66. The molecule has 0 spiro atoms. The highest BCUT2D eigenvalue weighted by Gasteiger charge is 1.99. The Morgan fingerprint density at radius 2 is 2.25 bits per heavy atom. The van der Waals surface area contributed by atoms with Crippen LogP contribution in [0, 0.1) is 11.3 Å². The highest BCUT2D eigenvalue weighted by molar-refractivity contribution is 9.10. The van der Waals surface area contributed by atoms with Gasteiger partial charge in [0.25, 0.3) is 0 Å². The Labute approximate surface area is 79.6 Å². The fourth-order valence-electron chi connectivity index (χ4n) is 0.934. The third kappa shape index (κ3) is 2.07. The molecule has 0 radical (unpaired) electrons. The van der Waals surface area contributed by atoms with Crippen molar-refractivity contribution < 1.29 is 5.11 Å². The minimum Gasteiger partial charge on any atom is -0.396 e. The first-order chi connectivity index (χ1) is 5.77. The molecule has 1 aromatic rings. The molecule has 0 unspecified atom stereocenters. The van der Waals surface area contributed by atoms with Crippen molar-refractivity contribution in [3.8, 4) is 6.07 Å². The number of nitriles is 1. The number of aliphatic hydroxyl groups is 1. The molecule has 0 aliphatic heterocycles. The van der Waals surface area contributed by atoms with E-state index in [1.807, 2.05) is 12.1 Å². The van der Waals surface area contributed by atoms with Crippen LogP contribution in [-0.2, 0) is 6.42 Å². The highest BCUT2D eigenvalue weighted by atomic mass is 79.9. The summed E-state index contributed by atoms with van der Waals surface area (Å²) in [6.45, 7) is 0.137. The van der Waals surface area contributed by atoms with E-state index in [2.05, 4.69) is 22.0 Å². The Balaban J connectivity index is 2.96. The van der Waals surface area contributed by atoms with Gasteiger partial charge in [0.05, 0.1) is 5.56 Å². The van der Waals surface area contributed by atoms with E-state index in [1.54, 1.807) is 6.07 Å². The van der Waals surface area contributed by atoms with Crippen LogP contribution in [0.3, 0.4) is 0 Å². The van der Waals surface area contributed by atoms with Gasteiger partial charge in [0, 0.05) is 11.1 Å². The van der Waals surface area contributed by atoms with E-state index in [4.69, 9.17) is 10.4 Å². The molecule has 2 nitrogen and oxygen atoms in total. The lowest BCUT2D eigenvalue weighted by Crippen LogP contribution is -1.90. The lowest BCUT2D eigenvalue weighted by Gasteiger charge is -1.99. The van der Waals surface area contributed by atoms with Crippen LogP contribution in [0.2, 0.25) is 0 Å². The summed E-state index contributed by atoms with van der Waals surface area (Å²) in [7, 11) is 0. The van der Waals surface area contributed by atoms with Gasteiger partial charge in [-0.2, -0.15) is 5.26 Å². The monoisotopic (exact) mass is 225 g/mol. The standard InChI is InChI=1S/C9H8BrNO/c10-9-5-7(3-4-12)1-2-8(9)6-11/h1-2,5,12H,3-4H2.